The predicted octanol–water partition coefficient (Wildman–Crippen LogP) is 8.78. The highest BCUT2D eigenvalue weighted by Crippen LogP contribution is 2.61. The summed E-state index contributed by atoms with van der Waals surface area (Å²) >= 11 is 0. The molecule has 1 aliphatic carbocycles. The number of hydrogen-bond acceptors (Lipinski definition) is 3. The summed E-state index contributed by atoms with van der Waals surface area (Å²) in [7, 11) is 0. The van der Waals surface area contributed by atoms with Gasteiger partial charge in [0.25, 0.3) is 0 Å². The lowest BCUT2D eigenvalue weighted by Crippen LogP contribution is -2.33. The predicted molar refractivity (Wildman–Crippen MR) is 175 cm³/mol. The number of fused-ring (bicyclic) bond motifs is 14. The van der Waals surface area contributed by atoms with E-state index in [4.69, 9.17) is 4.98 Å². The van der Waals surface area contributed by atoms with Crippen LogP contribution in [0.1, 0.15) is 47.2 Å². The third-order valence-corrected chi connectivity index (χ3v) is 9.12. The van der Waals surface area contributed by atoms with Gasteiger partial charge in [-0.25, -0.2) is 0 Å². The molecule has 0 atom stereocenters. The van der Waals surface area contributed by atoms with Crippen LogP contribution in [0.5, 0.6) is 0 Å². The minimum absolute atomic E-state index is 0.623. The molecule has 0 bridgehead atoms. The Balaban J connectivity index is 0.000000684. The van der Waals surface area contributed by atoms with Crippen LogP contribution in [0.4, 0.5) is 0 Å². The number of pyridine rings is 1. The van der Waals surface area contributed by atoms with Crippen LogP contribution in [0.2, 0.25) is 0 Å². The van der Waals surface area contributed by atoms with Crippen molar-refractivity contribution in [3.05, 3.63) is 143 Å². The Morgan fingerprint density at radius 3 is 1.89 bits per heavy atom. The molecule has 4 nitrogen and oxygen atoms in total. The Morgan fingerprint density at radius 2 is 1.20 bits per heavy atom. The molecule has 9 rings (SSSR count). The van der Waals surface area contributed by atoms with Crippen LogP contribution in [0.3, 0.4) is 0 Å². The van der Waals surface area contributed by atoms with Gasteiger partial charge in [-0.05, 0) is 83.6 Å². The van der Waals surface area contributed by atoms with Crippen LogP contribution in [0.15, 0.2) is 109 Å². The van der Waals surface area contributed by atoms with Crippen molar-refractivity contribution in [1.82, 2.24) is 9.55 Å². The minimum Gasteiger partial charge on any atom is -0.308 e. The number of aromatic nitrogens is 2. The zero-order valence-corrected chi connectivity index (χ0v) is 24.2. The average Bonchev–Trinajstić information content (AvgIpc) is 3.58. The van der Waals surface area contributed by atoms with E-state index >= 15 is 0 Å². The Morgan fingerprint density at radius 1 is 0.591 bits per heavy atom. The first-order valence-corrected chi connectivity index (χ1v) is 14.5. The topological polar surface area (TPSA) is 65.4 Å². The summed E-state index contributed by atoms with van der Waals surface area (Å²) in [6.07, 6.45) is 2.00. The highest BCUT2D eigenvalue weighted by atomic mass is 15.0. The number of rotatable bonds is 0. The number of nitriles is 2. The van der Waals surface area contributed by atoms with Gasteiger partial charge in [-0.2, -0.15) is 10.5 Å². The first-order chi connectivity index (χ1) is 21.7. The molecule has 7 aromatic rings. The molecular weight excluding hydrogens is 536 g/mol. The number of hydrogen-bond donors (Lipinski definition) is 0. The van der Waals surface area contributed by atoms with E-state index in [1.54, 1.807) is 0 Å². The van der Waals surface area contributed by atoms with E-state index in [2.05, 4.69) is 101 Å². The summed E-state index contributed by atoms with van der Waals surface area (Å²) < 4.78 is 2.41. The highest BCUT2D eigenvalue weighted by molar-refractivity contribution is 6.19. The van der Waals surface area contributed by atoms with Gasteiger partial charge in [-0.1, -0.05) is 66.7 Å². The Bertz CT molecular complexity index is 2440. The quantitative estimate of drug-likeness (QED) is 0.174. The van der Waals surface area contributed by atoms with E-state index in [0.717, 1.165) is 71.8 Å². The fourth-order valence-electron chi connectivity index (χ4n) is 7.40. The molecule has 0 radical (unpaired) electrons. The summed E-state index contributed by atoms with van der Waals surface area (Å²) in [4.78, 5) is 4.83. The molecule has 4 heteroatoms. The van der Waals surface area contributed by atoms with Gasteiger partial charge in [0.1, 0.15) is 0 Å². The van der Waals surface area contributed by atoms with Gasteiger partial charge in [0.2, 0.25) is 0 Å². The molecular formula is C40H24N4. The monoisotopic (exact) mass is 560 g/mol. The maximum absolute atomic E-state index is 9.95. The van der Waals surface area contributed by atoms with Crippen molar-refractivity contribution < 1.29 is 0 Å². The normalized spacial score (nSPS) is 12.7. The molecule has 0 N–H and O–H groups in total. The molecule has 0 saturated carbocycles. The number of benzene rings is 5. The van der Waals surface area contributed by atoms with E-state index in [9.17, 15) is 10.5 Å². The maximum atomic E-state index is 9.95. The lowest BCUT2D eigenvalue weighted by atomic mass is 9.65. The third-order valence-electron chi connectivity index (χ3n) is 9.12. The molecule has 3 heterocycles. The first kappa shape index (κ1) is 25.6. The maximum Gasteiger partial charge on any atom is 0.0991 e. The van der Waals surface area contributed by atoms with Gasteiger partial charge in [-0.3, -0.25) is 4.98 Å². The van der Waals surface area contributed by atoms with E-state index in [1.807, 2.05) is 50.4 Å². The second-order valence-corrected chi connectivity index (χ2v) is 11.1. The van der Waals surface area contributed by atoms with Crippen molar-refractivity contribution in [2.24, 2.45) is 0 Å². The zero-order valence-electron chi connectivity index (χ0n) is 24.2. The average molecular weight is 561 g/mol. The largest absolute Gasteiger partial charge is 0.308 e. The summed E-state index contributed by atoms with van der Waals surface area (Å²) in [6.45, 7) is 3.64. The standard InChI is InChI=1S/C36H18N4.C4H6/c37-18-21-12-14-23-24-15-13-22(19-38)17-31(24)36(30(23)16-21)28-8-2-4-11-33(28)40-34-26-6-1-3-10-32(26)39-20-27(34)25-7-5-9-29(36)35(25)40;1-3-4-2/h1-17,20H;1-2H3. The fraction of sp³-hybridized carbons (Fsp3) is 0.0750. The van der Waals surface area contributed by atoms with Crippen molar-refractivity contribution in [3.63, 3.8) is 0 Å². The van der Waals surface area contributed by atoms with Crippen LogP contribution in [-0.4, -0.2) is 9.55 Å². The molecule has 2 aliphatic rings. The van der Waals surface area contributed by atoms with E-state index in [-0.39, 0.29) is 0 Å². The summed E-state index contributed by atoms with van der Waals surface area (Å²) in [5, 5.41) is 23.3. The summed E-state index contributed by atoms with van der Waals surface area (Å²) in [6, 6.07) is 40.2. The summed E-state index contributed by atoms with van der Waals surface area (Å²) in [5.41, 5.74) is 11.5. The first-order valence-electron chi connectivity index (χ1n) is 14.5. The molecule has 0 fully saturated rings. The van der Waals surface area contributed by atoms with Crippen LogP contribution in [0.25, 0.3) is 49.5 Å². The van der Waals surface area contributed by atoms with Gasteiger partial charge in [0.05, 0.1) is 50.9 Å². The molecule has 0 unspecified atom stereocenters. The van der Waals surface area contributed by atoms with Gasteiger partial charge < -0.3 is 4.57 Å². The Hall–Kier alpha value is -6.15. The number of para-hydroxylation sites is 3. The summed E-state index contributed by atoms with van der Waals surface area (Å²) in [5.74, 6) is 5.36. The third kappa shape index (κ3) is 3.13. The molecule has 204 valence electrons. The van der Waals surface area contributed by atoms with Crippen molar-refractivity contribution in [3.8, 4) is 40.8 Å². The molecule has 44 heavy (non-hydrogen) atoms. The van der Waals surface area contributed by atoms with Crippen LogP contribution in [-0.2, 0) is 5.41 Å². The molecule has 2 aromatic heterocycles. The van der Waals surface area contributed by atoms with Crippen molar-refractivity contribution in [2.45, 2.75) is 19.3 Å². The second-order valence-electron chi connectivity index (χ2n) is 11.1. The van der Waals surface area contributed by atoms with Crippen molar-refractivity contribution in [2.75, 3.05) is 0 Å². The molecule has 1 spiro atoms. The van der Waals surface area contributed by atoms with Crippen LogP contribution >= 0.6 is 0 Å². The Kier molecular flexibility index (Phi) is 5.48. The van der Waals surface area contributed by atoms with Gasteiger partial charge in [0.15, 0.2) is 0 Å². The SMILES string of the molecule is CC#CC.N#Cc1ccc2c(c1)C1(c3cc(C#N)ccc3-2)c2ccccc2-n2c3c1cccc3c1cnc3ccccc3c12. The lowest BCUT2D eigenvalue weighted by Gasteiger charge is -2.39. The molecule has 1 aliphatic heterocycles. The molecule has 5 aromatic carbocycles. The van der Waals surface area contributed by atoms with Crippen molar-refractivity contribution in [1.29, 1.82) is 10.5 Å². The van der Waals surface area contributed by atoms with E-state index < -0.39 is 5.41 Å². The van der Waals surface area contributed by atoms with E-state index in [0.29, 0.717) is 11.1 Å². The highest BCUT2D eigenvalue weighted by Gasteiger charge is 2.51. The molecule has 0 amide bonds. The smallest absolute Gasteiger partial charge is 0.0991 e. The van der Waals surface area contributed by atoms with E-state index in [1.165, 1.54) is 0 Å². The van der Waals surface area contributed by atoms with Crippen molar-refractivity contribution >= 4 is 32.7 Å². The van der Waals surface area contributed by atoms with Gasteiger partial charge in [-0.15, -0.1) is 11.8 Å². The van der Waals surface area contributed by atoms with Crippen LogP contribution < -0.4 is 0 Å². The van der Waals surface area contributed by atoms with Crippen LogP contribution in [0, 0.1) is 34.5 Å². The zero-order chi connectivity index (χ0) is 30.0. The molecule has 0 saturated heterocycles. The minimum atomic E-state index is -0.686. The fourth-order valence-corrected chi connectivity index (χ4v) is 7.40. The number of nitrogens with zero attached hydrogens (tertiary/aromatic N) is 4. The van der Waals surface area contributed by atoms with Gasteiger partial charge >= 0.3 is 0 Å². The van der Waals surface area contributed by atoms with Gasteiger partial charge in [0, 0.05) is 22.4 Å². The lowest BCUT2D eigenvalue weighted by molar-refractivity contribution is 0.748. The Labute approximate surface area is 255 Å². The second kappa shape index (κ2) is 9.43.